The fourth-order valence-corrected chi connectivity index (χ4v) is 4.89. The summed E-state index contributed by atoms with van der Waals surface area (Å²) in [5, 5.41) is 4.60. The van der Waals surface area contributed by atoms with Crippen LogP contribution in [-0.4, -0.2) is 83.1 Å². The lowest BCUT2D eigenvalue weighted by Gasteiger charge is -2.37. The number of hydrogen-bond donors (Lipinski definition) is 3. The van der Waals surface area contributed by atoms with E-state index in [4.69, 9.17) is 0 Å². The van der Waals surface area contributed by atoms with Crippen LogP contribution in [0.3, 0.4) is 0 Å². The van der Waals surface area contributed by atoms with Crippen molar-refractivity contribution in [2.45, 2.75) is 90.4 Å². The Morgan fingerprint density at radius 3 is 2.16 bits per heavy atom. The number of likely N-dealkylation sites (N-methyl/N-ethyl adjacent to an activating group) is 2. The maximum atomic E-state index is 13.3. The highest BCUT2D eigenvalue weighted by Gasteiger charge is 2.39. The predicted molar refractivity (Wildman–Crippen MR) is 165 cm³/mol. The number of likely N-dealkylation sites (tertiary alicyclic amines) is 1. The summed E-state index contributed by atoms with van der Waals surface area (Å²) in [5.41, 5.74) is -0.558. The normalized spacial score (nSPS) is 17.3. The van der Waals surface area contributed by atoms with Crippen LogP contribution in [0.2, 0.25) is 0 Å². The Balaban J connectivity index is 0.00000309. The standard InChI is InChI=1S/C27H38F3N5O5S.C3H8/c1-17(22(36)33-41(40)19-12-10-18(11-13-19)31-25(39)27(28,29)30)14-16-35(6)24(38)21(26(2,3)4)32-23(37)20-9-7-8-15-34(20)5;1-3-2/h10-14,20-21H,7-9,15-16H2,1-6H3,(H,31,39)(H,32,37)(H,33,36);3H2,1-2H3/b17-14+;. The van der Waals surface area contributed by atoms with Crippen LogP contribution >= 0.6 is 0 Å². The number of alkyl halides is 3. The van der Waals surface area contributed by atoms with Gasteiger partial charge in [-0.3, -0.25) is 28.8 Å². The van der Waals surface area contributed by atoms with Crippen molar-refractivity contribution in [3.63, 3.8) is 0 Å². The van der Waals surface area contributed by atoms with E-state index < -0.39 is 40.4 Å². The van der Waals surface area contributed by atoms with Crippen molar-refractivity contribution in [2.75, 3.05) is 32.5 Å². The first kappa shape index (κ1) is 38.8. The maximum Gasteiger partial charge on any atom is 0.471 e. The molecule has 3 unspecified atom stereocenters. The largest absolute Gasteiger partial charge is 0.471 e. The molecule has 1 aliphatic heterocycles. The molecule has 0 bridgehead atoms. The number of carbonyl (C=O) groups excluding carboxylic acids is 4. The van der Waals surface area contributed by atoms with E-state index in [0.29, 0.717) is 0 Å². The second-order valence-electron chi connectivity index (χ2n) is 11.8. The summed E-state index contributed by atoms with van der Waals surface area (Å²) in [4.78, 5) is 53.4. The monoisotopic (exact) mass is 645 g/mol. The van der Waals surface area contributed by atoms with Crippen LogP contribution < -0.4 is 15.4 Å². The summed E-state index contributed by atoms with van der Waals surface area (Å²) >= 11 is 0. The molecule has 1 fully saturated rings. The number of benzene rings is 1. The number of halogens is 3. The molecule has 2 rings (SSSR count). The van der Waals surface area contributed by atoms with E-state index in [9.17, 15) is 36.6 Å². The van der Waals surface area contributed by atoms with E-state index in [1.807, 2.05) is 32.7 Å². The van der Waals surface area contributed by atoms with E-state index in [1.54, 1.807) is 12.4 Å². The van der Waals surface area contributed by atoms with E-state index in [-0.39, 0.29) is 40.6 Å². The minimum Gasteiger partial charge on any atom is -0.342 e. The van der Waals surface area contributed by atoms with Crippen LogP contribution in [0, 0.1) is 5.41 Å². The number of piperidine rings is 1. The van der Waals surface area contributed by atoms with Crippen LogP contribution in [0.25, 0.3) is 0 Å². The van der Waals surface area contributed by atoms with Crippen molar-refractivity contribution in [3.05, 3.63) is 35.9 Å². The van der Waals surface area contributed by atoms with E-state index >= 15 is 0 Å². The Morgan fingerprint density at radius 2 is 1.66 bits per heavy atom. The third-order valence-corrected chi connectivity index (χ3v) is 7.72. The number of nitrogens with zero attached hydrogens (tertiary/aromatic N) is 2. The molecular formula is C30H46F3N5O5S. The van der Waals surface area contributed by atoms with Crippen molar-refractivity contribution in [3.8, 4) is 0 Å². The molecule has 3 atom stereocenters. The molecule has 0 aromatic heterocycles. The minimum absolute atomic E-state index is 0.0457. The fraction of sp³-hybridized carbons (Fsp3) is 0.600. The number of hydrogen-bond acceptors (Lipinski definition) is 6. The molecule has 3 N–H and O–H groups in total. The van der Waals surface area contributed by atoms with Crippen molar-refractivity contribution in [1.29, 1.82) is 0 Å². The van der Waals surface area contributed by atoms with Gasteiger partial charge in [-0.1, -0.05) is 53.5 Å². The molecule has 1 saturated heterocycles. The second kappa shape index (κ2) is 17.3. The molecule has 0 spiro atoms. The topological polar surface area (TPSA) is 128 Å². The molecule has 1 aliphatic rings. The van der Waals surface area contributed by atoms with Gasteiger partial charge in [0.05, 0.1) is 10.9 Å². The Morgan fingerprint density at radius 1 is 1.09 bits per heavy atom. The summed E-state index contributed by atoms with van der Waals surface area (Å²) in [7, 11) is 1.41. The van der Waals surface area contributed by atoms with Crippen LogP contribution in [0.1, 0.15) is 67.2 Å². The molecule has 1 aromatic rings. The second-order valence-corrected chi connectivity index (χ2v) is 13.0. The minimum atomic E-state index is -5.05. The number of rotatable bonds is 9. The Labute approximate surface area is 260 Å². The Bertz CT molecular complexity index is 1200. The average Bonchev–Trinajstić information content (AvgIpc) is 2.93. The summed E-state index contributed by atoms with van der Waals surface area (Å²) in [5.74, 6) is -3.34. The molecule has 0 radical (unpaired) electrons. The SMILES string of the molecule is C/C(=C\CN(C)C(=O)C(NC(=O)C1CCCCN1C)C(C)(C)C)C(=O)NS(=O)c1ccc(NC(=O)C(F)(F)F)cc1.CCC. The van der Waals surface area contributed by atoms with Crippen LogP contribution in [0.15, 0.2) is 40.8 Å². The lowest BCUT2D eigenvalue weighted by Crippen LogP contribution is -2.58. The van der Waals surface area contributed by atoms with Crippen molar-refractivity contribution >= 4 is 40.3 Å². The highest BCUT2D eigenvalue weighted by atomic mass is 32.2. The van der Waals surface area contributed by atoms with Crippen LogP contribution in [0.5, 0.6) is 0 Å². The van der Waals surface area contributed by atoms with Gasteiger partial charge in [-0.25, -0.2) is 4.21 Å². The molecule has 10 nitrogen and oxygen atoms in total. The first-order valence-corrected chi connectivity index (χ1v) is 15.6. The number of amides is 4. The summed E-state index contributed by atoms with van der Waals surface area (Å²) in [6.07, 6.45) is 0.371. The van der Waals surface area contributed by atoms with E-state index in [1.165, 1.54) is 36.5 Å². The molecular weight excluding hydrogens is 599 g/mol. The first-order chi connectivity index (χ1) is 20.3. The highest BCUT2D eigenvalue weighted by Crippen LogP contribution is 2.23. The van der Waals surface area contributed by atoms with Crippen molar-refractivity contribution in [2.24, 2.45) is 5.41 Å². The van der Waals surface area contributed by atoms with Gasteiger partial charge in [0.1, 0.15) is 6.04 Å². The molecule has 0 saturated carbocycles. The van der Waals surface area contributed by atoms with Gasteiger partial charge >= 0.3 is 12.1 Å². The number of anilines is 1. The van der Waals surface area contributed by atoms with E-state index in [0.717, 1.165) is 37.9 Å². The lowest BCUT2D eigenvalue weighted by molar-refractivity contribution is -0.167. The quantitative estimate of drug-likeness (QED) is 0.346. The zero-order valence-electron chi connectivity index (χ0n) is 26.8. The Hall–Kier alpha value is -3.26. The maximum absolute atomic E-state index is 13.3. The van der Waals surface area contributed by atoms with Gasteiger partial charge in [-0.2, -0.15) is 13.2 Å². The summed E-state index contributed by atoms with van der Waals surface area (Å²) in [6, 6.07) is 3.58. The third-order valence-electron chi connectivity index (χ3n) is 6.65. The smallest absolute Gasteiger partial charge is 0.342 e. The lowest BCUT2D eigenvalue weighted by atomic mass is 9.85. The number of carbonyl (C=O) groups is 4. The van der Waals surface area contributed by atoms with Gasteiger partial charge in [0.15, 0.2) is 11.0 Å². The molecule has 44 heavy (non-hydrogen) atoms. The molecule has 1 aromatic carbocycles. The Kier molecular flexibility index (Phi) is 15.2. The zero-order chi connectivity index (χ0) is 33.8. The predicted octanol–water partition coefficient (Wildman–Crippen LogP) is 4.16. The molecule has 248 valence electrons. The van der Waals surface area contributed by atoms with Crippen molar-refractivity contribution < 1.29 is 36.6 Å². The number of nitrogens with one attached hydrogen (secondary N) is 3. The highest BCUT2D eigenvalue weighted by molar-refractivity contribution is 7.83. The molecule has 14 heteroatoms. The average molecular weight is 646 g/mol. The molecule has 4 amide bonds. The summed E-state index contributed by atoms with van der Waals surface area (Å²) in [6.45, 7) is 12.2. The van der Waals surface area contributed by atoms with Gasteiger partial charge in [0, 0.05) is 24.9 Å². The van der Waals surface area contributed by atoms with Gasteiger partial charge in [0.2, 0.25) is 11.8 Å². The van der Waals surface area contributed by atoms with E-state index in [2.05, 4.69) is 23.9 Å². The molecule has 0 aliphatic carbocycles. The van der Waals surface area contributed by atoms with Crippen molar-refractivity contribution in [1.82, 2.24) is 19.8 Å². The van der Waals surface area contributed by atoms with Gasteiger partial charge in [0.25, 0.3) is 5.91 Å². The summed E-state index contributed by atoms with van der Waals surface area (Å²) < 4.78 is 52.0. The first-order valence-electron chi connectivity index (χ1n) is 14.5. The zero-order valence-corrected chi connectivity index (χ0v) is 27.6. The van der Waals surface area contributed by atoms with Gasteiger partial charge < -0.3 is 15.5 Å². The van der Waals surface area contributed by atoms with Crippen LogP contribution in [0.4, 0.5) is 18.9 Å². The fourth-order valence-electron chi connectivity index (χ4n) is 4.06. The van der Waals surface area contributed by atoms with Gasteiger partial charge in [-0.05, 0) is 63.0 Å². The molecule has 1 heterocycles. The van der Waals surface area contributed by atoms with Crippen LogP contribution in [-0.2, 0) is 30.2 Å². The van der Waals surface area contributed by atoms with Gasteiger partial charge in [-0.15, -0.1) is 0 Å². The third kappa shape index (κ3) is 12.4.